The second-order valence-corrected chi connectivity index (χ2v) is 20.0. The van der Waals surface area contributed by atoms with Crippen molar-refractivity contribution in [3.05, 3.63) is 9.00 Å². The van der Waals surface area contributed by atoms with Crippen LogP contribution in [-0.4, -0.2) is 24.1 Å². The summed E-state index contributed by atoms with van der Waals surface area (Å²) in [5.41, 5.74) is 0. The molecule has 2 heteroatoms. The number of rotatable bonds is 10. The maximum absolute atomic E-state index is 2.91. The van der Waals surface area contributed by atoms with Gasteiger partial charge in [0, 0.05) is 0 Å². The molecule has 1 saturated heterocycles. The molecule has 0 aliphatic carbocycles. The first kappa shape index (κ1) is 16.9. The maximum atomic E-state index is 2.91. The van der Waals surface area contributed by atoms with E-state index in [1.807, 2.05) is 0 Å². The van der Waals surface area contributed by atoms with E-state index >= 15 is 0 Å². The van der Waals surface area contributed by atoms with Gasteiger partial charge in [0.1, 0.15) is 0 Å². The molecule has 1 rings (SSSR count). The Balaban J connectivity index is 2.69. The van der Waals surface area contributed by atoms with Gasteiger partial charge in [-0.3, -0.25) is 0 Å². The Labute approximate surface area is 123 Å². The van der Waals surface area contributed by atoms with Gasteiger partial charge in [0.05, 0.1) is 0 Å². The first-order valence-corrected chi connectivity index (χ1v) is 16.8. The molecule has 1 heterocycles. The van der Waals surface area contributed by atoms with E-state index in [1.165, 1.54) is 50.7 Å². The van der Waals surface area contributed by atoms with Crippen LogP contribution in [0.5, 0.6) is 0 Å². The van der Waals surface area contributed by atoms with Crippen LogP contribution >= 0.6 is 11.8 Å². The van der Waals surface area contributed by atoms with Crippen molar-refractivity contribution in [2.75, 3.05) is 5.75 Å². The molecule has 0 N–H and O–H groups in total. The SMILES string of the molecule is CCC[CH2][Sn](/[CH]=C1\CCS1)([CH2]CCC)[CH2]CCC. The summed E-state index contributed by atoms with van der Waals surface area (Å²) in [6.45, 7) is 7.09. The molecule has 0 nitrogen and oxygen atoms in total. The second kappa shape index (κ2) is 9.74. The topological polar surface area (TPSA) is 0 Å². The normalized spacial score (nSPS) is 18.1. The first-order valence-electron chi connectivity index (χ1n) is 8.11. The Bertz CT molecular complexity index is 220. The molecule has 0 spiro atoms. The fourth-order valence-corrected chi connectivity index (χ4v) is 20.6. The quantitative estimate of drug-likeness (QED) is 0.399. The summed E-state index contributed by atoms with van der Waals surface area (Å²) in [7, 11) is 0. The van der Waals surface area contributed by atoms with Crippen LogP contribution in [0.25, 0.3) is 0 Å². The Morgan fingerprint density at radius 2 is 1.39 bits per heavy atom. The predicted octanol–water partition coefficient (Wildman–Crippen LogP) is 6.40. The molecule has 1 fully saturated rings. The third-order valence-corrected chi connectivity index (χ3v) is 20.2. The van der Waals surface area contributed by atoms with E-state index in [1.54, 1.807) is 18.2 Å². The second-order valence-electron chi connectivity index (χ2n) is 5.88. The van der Waals surface area contributed by atoms with E-state index in [0.717, 1.165) is 0 Å². The van der Waals surface area contributed by atoms with E-state index < -0.39 is 18.4 Å². The van der Waals surface area contributed by atoms with E-state index in [9.17, 15) is 0 Å². The van der Waals surface area contributed by atoms with Crippen LogP contribution in [-0.2, 0) is 0 Å². The van der Waals surface area contributed by atoms with Gasteiger partial charge in [-0.1, -0.05) is 0 Å². The van der Waals surface area contributed by atoms with Crippen molar-refractivity contribution in [3.63, 3.8) is 0 Å². The summed E-state index contributed by atoms with van der Waals surface area (Å²) in [5.74, 6) is 1.39. The summed E-state index contributed by atoms with van der Waals surface area (Å²) in [6, 6.07) is 0. The van der Waals surface area contributed by atoms with E-state index in [0.29, 0.717) is 0 Å². The molecule has 0 amide bonds. The van der Waals surface area contributed by atoms with Gasteiger partial charge in [-0.2, -0.15) is 0 Å². The predicted molar refractivity (Wildman–Crippen MR) is 90.1 cm³/mol. The zero-order valence-electron chi connectivity index (χ0n) is 12.8. The molecular formula is C16H32SSn. The summed E-state index contributed by atoms with van der Waals surface area (Å²) in [6.07, 6.45) is 10.1. The summed E-state index contributed by atoms with van der Waals surface area (Å²) in [4.78, 5) is 1.79. The Morgan fingerprint density at radius 3 is 1.67 bits per heavy atom. The fourth-order valence-electron chi connectivity index (χ4n) is 2.85. The summed E-state index contributed by atoms with van der Waals surface area (Å²) in [5, 5.41) is 0. The van der Waals surface area contributed by atoms with Gasteiger partial charge in [-0.15, -0.1) is 0 Å². The average Bonchev–Trinajstić information content (AvgIpc) is 2.35. The first-order chi connectivity index (χ1) is 8.76. The third-order valence-electron chi connectivity index (χ3n) is 4.19. The number of hydrogen-bond acceptors (Lipinski definition) is 1. The zero-order valence-corrected chi connectivity index (χ0v) is 16.4. The molecule has 0 atom stereocenters. The van der Waals surface area contributed by atoms with Crippen LogP contribution in [0.2, 0.25) is 13.3 Å². The molecule has 1 aliphatic heterocycles. The van der Waals surface area contributed by atoms with Crippen molar-refractivity contribution in [1.29, 1.82) is 0 Å². The monoisotopic (exact) mass is 376 g/mol. The summed E-state index contributed by atoms with van der Waals surface area (Å²) >= 11 is 0.242. The van der Waals surface area contributed by atoms with Crippen LogP contribution < -0.4 is 0 Å². The minimum atomic E-state index is -1.90. The molecule has 18 heavy (non-hydrogen) atoms. The molecule has 0 radical (unpaired) electrons. The van der Waals surface area contributed by atoms with Crippen LogP contribution in [0.4, 0.5) is 0 Å². The van der Waals surface area contributed by atoms with Gasteiger partial charge in [0.15, 0.2) is 0 Å². The molecule has 0 aromatic carbocycles. The Hall–Kier alpha value is 0.889. The zero-order chi connectivity index (χ0) is 13.3. The van der Waals surface area contributed by atoms with E-state index in [2.05, 4.69) is 36.6 Å². The van der Waals surface area contributed by atoms with Crippen LogP contribution in [0.3, 0.4) is 0 Å². The molecule has 106 valence electrons. The molecule has 0 aromatic heterocycles. The third kappa shape index (κ3) is 5.90. The van der Waals surface area contributed by atoms with E-state index in [-0.39, 0.29) is 0 Å². The van der Waals surface area contributed by atoms with Crippen LogP contribution in [0, 0.1) is 0 Å². The molecule has 0 saturated carbocycles. The number of hydrogen-bond donors (Lipinski definition) is 0. The molecular weight excluding hydrogens is 343 g/mol. The molecule has 0 bridgehead atoms. The Kier molecular flexibility index (Phi) is 9.17. The van der Waals surface area contributed by atoms with E-state index in [4.69, 9.17) is 0 Å². The minimum absolute atomic E-state index is 1.39. The molecule has 0 aromatic rings. The van der Waals surface area contributed by atoms with Crippen molar-refractivity contribution < 1.29 is 0 Å². The number of thioether (sulfide) groups is 1. The molecule has 0 unspecified atom stereocenters. The van der Waals surface area contributed by atoms with Crippen molar-refractivity contribution in [2.45, 2.75) is 79.0 Å². The number of allylic oxidation sites excluding steroid dienone is 1. The van der Waals surface area contributed by atoms with Gasteiger partial charge >= 0.3 is 124 Å². The molecule has 1 aliphatic rings. The van der Waals surface area contributed by atoms with Crippen molar-refractivity contribution in [1.82, 2.24) is 0 Å². The van der Waals surface area contributed by atoms with Crippen molar-refractivity contribution in [2.24, 2.45) is 0 Å². The van der Waals surface area contributed by atoms with Gasteiger partial charge in [-0.05, 0) is 0 Å². The van der Waals surface area contributed by atoms with Crippen LogP contribution in [0.1, 0.15) is 65.7 Å². The standard InChI is InChI=1S/C4H5S.3C4H9.Sn/c1-4-2-3-5-4;3*1-3-4-2;/h1H,2-3H2;3*1,3-4H2,2H3;. The van der Waals surface area contributed by atoms with Crippen LogP contribution in [0.15, 0.2) is 9.00 Å². The summed E-state index contributed by atoms with van der Waals surface area (Å²) < 4.78 is 7.81. The average molecular weight is 375 g/mol. The number of unbranched alkanes of at least 4 members (excludes halogenated alkanes) is 3. The Morgan fingerprint density at radius 1 is 0.944 bits per heavy atom. The van der Waals surface area contributed by atoms with Gasteiger partial charge in [0.25, 0.3) is 0 Å². The fraction of sp³-hybridized carbons (Fsp3) is 0.875. The van der Waals surface area contributed by atoms with Gasteiger partial charge < -0.3 is 0 Å². The van der Waals surface area contributed by atoms with Gasteiger partial charge in [-0.25, -0.2) is 0 Å². The van der Waals surface area contributed by atoms with Gasteiger partial charge in [0.2, 0.25) is 0 Å². The van der Waals surface area contributed by atoms with Crippen molar-refractivity contribution in [3.8, 4) is 0 Å². The van der Waals surface area contributed by atoms with Crippen molar-refractivity contribution >= 4 is 30.1 Å².